The maximum atomic E-state index is 12.5. The minimum atomic E-state index is -0.734. The van der Waals surface area contributed by atoms with E-state index in [4.69, 9.17) is 9.84 Å². The molecular weight excluding hydrogens is 520 g/mol. The van der Waals surface area contributed by atoms with Crippen LogP contribution >= 0.6 is 0 Å². The van der Waals surface area contributed by atoms with E-state index in [9.17, 15) is 9.59 Å². The number of ether oxygens (including phenoxy) is 1. The molecule has 0 saturated heterocycles. The summed E-state index contributed by atoms with van der Waals surface area (Å²) < 4.78 is 5.87. The zero-order chi connectivity index (χ0) is 30.8. The van der Waals surface area contributed by atoms with Crippen molar-refractivity contribution in [1.82, 2.24) is 0 Å². The van der Waals surface area contributed by atoms with Gasteiger partial charge in [-0.1, -0.05) is 126 Å². The lowest BCUT2D eigenvalue weighted by molar-refractivity contribution is -0.150. The molecule has 0 aromatic rings. The van der Waals surface area contributed by atoms with Gasteiger partial charge in [0, 0.05) is 12.8 Å². The lowest BCUT2D eigenvalue weighted by Gasteiger charge is -2.18. The summed E-state index contributed by atoms with van der Waals surface area (Å²) in [6.45, 7) is 4.39. The van der Waals surface area contributed by atoms with E-state index in [2.05, 4.69) is 74.6 Å². The van der Waals surface area contributed by atoms with Crippen molar-refractivity contribution in [2.45, 2.75) is 168 Å². The number of allylic oxidation sites excluding steroid dienone is 10. The molecule has 0 aliphatic carbocycles. The lowest BCUT2D eigenvalue weighted by Crippen LogP contribution is -2.18. The molecule has 0 fully saturated rings. The zero-order valence-corrected chi connectivity index (χ0v) is 27.3. The van der Waals surface area contributed by atoms with Gasteiger partial charge in [-0.05, 0) is 83.5 Å². The molecule has 0 spiro atoms. The van der Waals surface area contributed by atoms with Crippen LogP contribution in [0.25, 0.3) is 0 Å². The fourth-order valence-electron chi connectivity index (χ4n) is 4.74. The van der Waals surface area contributed by atoms with E-state index in [0.717, 1.165) is 89.9 Å². The summed E-state index contributed by atoms with van der Waals surface area (Å²) in [7, 11) is 0. The average Bonchev–Trinajstić information content (AvgIpc) is 2.97. The second-order valence-electron chi connectivity index (χ2n) is 11.3. The predicted molar refractivity (Wildman–Crippen MR) is 181 cm³/mol. The molecule has 0 aromatic heterocycles. The third kappa shape index (κ3) is 32.2. The lowest BCUT2D eigenvalue weighted by atomic mass is 10.0. The Morgan fingerprint density at radius 2 is 1.00 bits per heavy atom. The number of carbonyl (C=O) groups excluding carboxylic acids is 1. The number of carboxylic acid groups (broad SMARTS) is 1. The molecule has 0 amide bonds. The van der Waals surface area contributed by atoms with Crippen LogP contribution in [0.5, 0.6) is 0 Å². The molecule has 0 aliphatic rings. The Balaban J connectivity index is 3.98. The Morgan fingerprint density at radius 1 is 0.548 bits per heavy atom. The molecule has 0 saturated carbocycles. The summed E-state index contributed by atoms with van der Waals surface area (Å²) in [5.74, 6) is -0.800. The van der Waals surface area contributed by atoms with Gasteiger partial charge >= 0.3 is 11.9 Å². The van der Waals surface area contributed by atoms with Crippen molar-refractivity contribution in [2.24, 2.45) is 0 Å². The van der Waals surface area contributed by atoms with Gasteiger partial charge in [0.15, 0.2) is 0 Å². The SMILES string of the molecule is CC/C=C\C/C=C\C/C=C\C/C=C\C/C=C\CCCCCC(=O)OC(CCCCCCCCC)CCCCCC(=O)O. The Labute approximate surface area is 259 Å². The monoisotopic (exact) mass is 584 g/mol. The molecule has 0 aromatic carbocycles. The van der Waals surface area contributed by atoms with Crippen LogP contribution in [0.3, 0.4) is 0 Å². The maximum absolute atomic E-state index is 12.5. The standard InChI is InChI=1S/C38H64O4/c1-3-5-7-9-11-12-13-14-15-16-17-18-19-20-21-22-24-26-31-35-38(41)42-36(33-29-27-30-34-37(39)40)32-28-25-23-10-8-6-4-2/h5,7,11-12,14-15,17-18,20-21,36H,3-4,6,8-10,13,16,19,22-35H2,1-2H3,(H,39,40)/b7-5-,12-11-,15-14-,18-17-,21-20-. The van der Waals surface area contributed by atoms with Gasteiger partial charge in [0.25, 0.3) is 0 Å². The van der Waals surface area contributed by atoms with Crippen LogP contribution in [0.2, 0.25) is 0 Å². The van der Waals surface area contributed by atoms with Crippen molar-refractivity contribution in [3.8, 4) is 0 Å². The number of carboxylic acids is 1. The molecule has 0 bridgehead atoms. The van der Waals surface area contributed by atoms with Gasteiger partial charge in [0.05, 0.1) is 0 Å². The van der Waals surface area contributed by atoms with Gasteiger partial charge in [-0.3, -0.25) is 9.59 Å². The van der Waals surface area contributed by atoms with Crippen LogP contribution in [0.1, 0.15) is 162 Å². The Hall–Kier alpha value is -2.36. The van der Waals surface area contributed by atoms with E-state index in [1.54, 1.807) is 0 Å². The molecule has 0 aliphatic heterocycles. The Kier molecular flexibility index (Phi) is 31.3. The molecule has 1 unspecified atom stereocenters. The predicted octanol–water partition coefficient (Wildman–Crippen LogP) is 11.8. The molecule has 42 heavy (non-hydrogen) atoms. The topological polar surface area (TPSA) is 63.6 Å². The van der Waals surface area contributed by atoms with Crippen molar-refractivity contribution in [1.29, 1.82) is 0 Å². The molecule has 240 valence electrons. The molecule has 0 heterocycles. The number of hydrogen-bond acceptors (Lipinski definition) is 3. The summed E-state index contributed by atoms with van der Waals surface area (Å²) in [4.78, 5) is 23.2. The van der Waals surface area contributed by atoms with Crippen molar-refractivity contribution in [3.05, 3.63) is 60.8 Å². The molecular formula is C38H64O4. The third-order valence-electron chi connectivity index (χ3n) is 7.25. The van der Waals surface area contributed by atoms with Crippen molar-refractivity contribution in [3.63, 3.8) is 0 Å². The highest BCUT2D eigenvalue weighted by atomic mass is 16.5. The largest absolute Gasteiger partial charge is 0.481 e. The molecule has 1 N–H and O–H groups in total. The second-order valence-corrected chi connectivity index (χ2v) is 11.3. The van der Waals surface area contributed by atoms with Gasteiger partial charge in [-0.25, -0.2) is 0 Å². The van der Waals surface area contributed by atoms with E-state index in [1.807, 2.05) is 0 Å². The second kappa shape index (κ2) is 33.1. The first kappa shape index (κ1) is 39.6. The zero-order valence-electron chi connectivity index (χ0n) is 27.3. The third-order valence-corrected chi connectivity index (χ3v) is 7.25. The molecule has 1 atom stereocenters. The number of unbranched alkanes of at least 4 members (excludes halogenated alkanes) is 11. The minimum Gasteiger partial charge on any atom is -0.481 e. The summed E-state index contributed by atoms with van der Waals surface area (Å²) >= 11 is 0. The number of aliphatic carboxylic acids is 1. The van der Waals surface area contributed by atoms with Gasteiger partial charge in [0.2, 0.25) is 0 Å². The highest BCUT2D eigenvalue weighted by molar-refractivity contribution is 5.69. The van der Waals surface area contributed by atoms with E-state index in [1.165, 1.54) is 38.5 Å². The first-order chi connectivity index (χ1) is 20.6. The molecule has 4 nitrogen and oxygen atoms in total. The van der Waals surface area contributed by atoms with E-state index in [-0.39, 0.29) is 18.5 Å². The van der Waals surface area contributed by atoms with Crippen molar-refractivity contribution < 1.29 is 19.4 Å². The first-order valence-electron chi connectivity index (χ1n) is 17.3. The molecule has 0 radical (unpaired) electrons. The van der Waals surface area contributed by atoms with E-state index < -0.39 is 5.97 Å². The summed E-state index contributed by atoms with van der Waals surface area (Å²) in [6.07, 6.45) is 45.1. The van der Waals surface area contributed by atoms with Crippen molar-refractivity contribution in [2.75, 3.05) is 0 Å². The fourth-order valence-corrected chi connectivity index (χ4v) is 4.74. The van der Waals surface area contributed by atoms with Gasteiger partial charge in [-0.15, -0.1) is 0 Å². The summed E-state index contributed by atoms with van der Waals surface area (Å²) in [6, 6.07) is 0. The average molecular weight is 585 g/mol. The summed E-state index contributed by atoms with van der Waals surface area (Å²) in [5, 5.41) is 8.83. The normalized spacial score (nSPS) is 13.0. The summed E-state index contributed by atoms with van der Waals surface area (Å²) in [5.41, 5.74) is 0. The van der Waals surface area contributed by atoms with Gasteiger partial charge in [-0.2, -0.15) is 0 Å². The minimum absolute atomic E-state index is 0.0146. The van der Waals surface area contributed by atoms with Crippen LogP contribution in [0.15, 0.2) is 60.8 Å². The molecule has 0 rings (SSSR count). The van der Waals surface area contributed by atoms with E-state index >= 15 is 0 Å². The van der Waals surface area contributed by atoms with Crippen LogP contribution in [0.4, 0.5) is 0 Å². The quantitative estimate of drug-likeness (QED) is 0.0518. The van der Waals surface area contributed by atoms with Crippen LogP contribution < -0.4 is 0 Å². The van der Waals surface area contributed by atoms with Crippen LogP contribution in [0, 0.1) is 0 Å². The van der Waals surface area contributed by atoms with Gasteiger partial charge < -0.3 is 9.84 Å². The van der Waals surface area contributed by atoms with E-state index in [0.29, 0.717) is 12.8 Å². The highest BCUT2D eigenvalue weighted by Crippen LogP contribution is 2.18. The van der Waals surface area contributed by atoms with Crippen LogP contribution in [-0.4, -0.2) is 23.1 Å². The first-order valence-corrected chi connectivity index (χ1v) is 17.3. The number of esters is 1. The number of carbonyl (C=O) groups is 2. The Morgan fingerprint density at radius 3 is 1.55 bits per heavy atom. The van der Waals surface area contributed by atoms with Crippen LogP contribution in [-0.2, 0) is 14.3 Å². The maximum Gasteiger partial charge on any atom is 0.306 e. The molecule has 4 heteroatoms. The Bertz CT molecular complexity index is 759. The van der Waals surface area contributed by atoms with Crippen molar-refractivity contribution >= 4 is 11.9 Å². The number of hydrogen-bond donors (Lipinski definition) is 1. The smallest absolute Gasteiger partial charge is 0.306 e. The number of rotatable bonds is 30. The van der Waals surface area contributed by atoms with Gasteiger partial charge in [0.1, 0.15) is 6.10 Å². The highest BCUT2D eigenvalue weighted by Gasteiger charge is 2.14. The fraction of sp³-hybridized carbons (Fsp3) is 0.684.